The Morgan fingerprint density at radius 2 is 2.04 bits per heavy atom. The van der Waals surface area contributed by atoms with Crippen LogP contribution in [0.5, 0.6) is 0 Å². The number of amides is 1. The number of H-pyrrole nitrogens is 1. The molecule has 6 nitrogen and oxygen atoms in total. The lowest BCUT2D eigenvalue weighted by Crippen LogP contribution is -2.31. The van der Waals surface area contributed by atoms with E-state index < -0.39 is 5.91 Å². The van der Waals surface area contributed by atoms with E-state index in [1.54, 1.807) is 24.4 Å². The molecule has 0 atom stereocenters. The van der Waals surface area contributed by atoms with Gasteiger partial charge in [0.15, 0.2) is 0 Å². The van der Waals surface area contributed by atoms with Crippen molar-refractivity contribution in [1.82, 2.24) is 19.7 Å². The molecule has 0 fully saturated rings. The summed E-state index contributed by atoms with van der Waals surface area (Å²) in [6.45, 7) is 6.48. The van der Waals surface area contributed by atoms with Crippen molar-refractivity contribution in [1.29, 1.82) is 0 Å². The Balaban J connectivity index is 1.66. The number of nitrogens with one attached hydrogen (secondary N) is 2. The van der Waals surface area contributed by atoms with Gasteiger partial charge in [-0.25, -0.2) is 4.98 Å². The van der Waals surface area contributed by atoms with Crippen LogP contribution in [0.4, 0.5) is 0 Å². The summed E-state index contributed by atoms with van der Waals surface area (Å²) in [5, 5.41) is 4.01. The number of pyridine rings is 1. The van der Waals surface area contributed by atoms with Crippen molar-refractivity contribution in [2.75, 3.05) is 0 Å². The molecule has 27 heavy (non-hydrogen) atoms. The lowest BCUT2D eigenvalue weighted by atomic mass is 10.0. The summed E-state index contributed by atoms with van der Waals surface area (Å²) >= 11 is 0. The fraction of sp³-hybridized carbons (Fsp3) is 0.190. The van der Waals surface area contributed by atoms with Crippen molar-refractivity contribution in [3.05, 3.63) is 81.0 Å². The second-order valence-corrected chi connectivity index (χ2v) is 6.81. The highest BCUT2D eigenvalue weighted by molar-refractivity contribution is 5.94. The fourth-order valence-corrected chi connectivity index (χ4v) is 3.38. The topological polar surface area (TPSA) is 79.3 Å². The van der Waals surface area contributed by atoms with Crippen LogP contribution in [0.25, 0.3) is 16.6 Å². The van der Waals surface area contributed by atoms with Gasteiger partial charge in [0.05, 0.1) is 5.52 Å². The molecular formula is C21H20N4O2. The molecule has 0 bridgehead atoms. The van der Waals surface area contributed by atoms with E-state index in [0.29, 0.717) is 12.2 Å². The van der Waals surface area contributed by atoms with Crippen LogP contribution in [-0.4, -0.2) is 20.3 Å². The third kappa shape index (κ3) is 2.89. The van der Waals surface area contributed by atoms with E-state index in [1.807, 2.05) is 19.9 Å². The molecule has 0 radical (unpaired) electrons. The molecule has 0 aliphatic heterocycles. The molecule has 0 aliphatic rings. The number of hydrogen-bond acceptors (Lipinski definition) is 3. The minimum Gasteiger partial charge on any atom is -0.358 e. The second kappa shape index (κ2) is 6.39. The Hall–Kier alpha value is -3.41. The zero-order valence-electron chi connectivity index (χ0n) is 15.5. The van der Waals surface area contributed by atoms with Gasteiger partial charge in [-0.05, 0) is 50.1 Å². The van der Waals surface area contributed by atoms with Crippen LogP contribution in [0.3, 0.4) is 0 Å². The fourth-order valence-electron chi connectivity index (χ4n) is 3.38. The first kappa shape index (κ1) is 17.0. The van der Waals surface area contributed by atoms with Crippen LogP contribution in [0.2, 0.25) is 0 Å². The van der Waals surface area contributed by atoms with Gasteiger partial charge in [0.1, 0.15) is 11.2 Å². The quantitative estimate of drug-likeness (QED) is 0.589. The minimum absolute atomic E-state index is 0.0291. The van der Waals surface area contributed by atoms with Gasteiger partial charge in [0.2, 0.25) is 0 Å². The van der Waals surface area contributed by atoms with E-state index in [0.717, 1.165) is 27.7 Å². The highest BCUT2D eigenvalue weighted by Gasteiger charge is 2.15. The smallest absolute Gasteiger partial charge is 0.270 e. The van der Waals surface area contributed by atoms with Gasteiger partial charge in [-0.3, -0.25) is 14.0 Å². The number of fused-ring (bicyclic) bond motifs is 2. The zero-order chi connectivity index (χ0) is 19.1. The molecule has 0 spiro atoms. The molecule has 3 heterocycles. The second-order valence-electron chi connectivity index (χ2n) is 6.81. The van der Waals surface area contributed by atoms with Gasteiger partial charge in [0, 0.05) is 30.0 Å². The van der Waals surface area contributed by atoms with Crippen molar-refractivity contribution in [3.8, 4) is 0 Å². The van der Waals surface area contributed by atoms with Crippen molar-refractivity contribution < 1.29 is 4.79 Å². The minimum atomic E-state index is -0.430. The van der Waals surface area contributed by atoms with Crippen molar-refractivity contribution in [2.45, 2.75) is 27.3 Å². The summed E-state index contributed by atoms with van der Waals surface area (Å²) in [6.07, 6.45) is 2.94. The molecule has 4 aromatic rings. The Morgan fingerprint density at radius 3 is 2.85 bits per heavy atom. The molecule has 1 amide bonds. The third-order valence-electron chi connectivity index (χ3n) is 4.94. The van der Waals surface area contributed by atoms with Crippen LogP contribution in [-0.2, 0) is 6.54 Å². The summed E-state index contributed by atoms with van der Waals surface area (Å²) in [4.78, 5) is 32.7. The van der Waals surface area contributed by atoms with Crippen LogP contribution in [0, 0.1) is 20.8 Å². The molecule has 0 saturated heterocycles. The molecule has 3 aromatic heterocycles. The summed E-state index contributed by atoms with van der Waals surface area (Å²) in [5.41, 5.74) is 5.62. The number of benzene rings is 1. The van der Waals surface area contributed by atoms with Crippen LogP contribution in [0.1, 0.15) is 32.7 Å². The molecule has 6 heteroatoms. The van der Waals surface area contributed by atoms with E-state index in [2.05, 4.69) is 28.3 Å². The number of nitrogens with zero attached hydrogens (tertiary/aromatic N) is 2. The largest absolute Gasteiger partial charge is 0.358 e. The summed E-state index contributed by atoms with van der Waals surface area (Å²) in [7, 11) is 0. The first-order valence-corrected chi connectivity index (χ1v) is 8.78. The standard InChI is InChI=1S/C21H20N4O2/c1-12-8-15(19-16(9-12)13(2)14(3)24-19)10-23-20(26)17-11-22-18-6-4-5-7-25(18)21(17)27/h4-9,11,24H,10H2,1-3H3,(H,23,26). The number of hydrogen-bond donors (Lipinski definition) is 2. The third-order valence-corrected chi connectivity index (χ3v) is 4.94. The highest BCUT2D eigenvalue weighted by atomic mass is 16.2. The first-order valence-electron chi connectivity index (χ1n) is 8.78. The van der Waals surface area contributed by atoms with Crippen molar-refractivity contribution >= 4 is 22.5 Å². The number of rotatable bonds is 3. The number of aryl methyl sites for hydroxylation is 3. The molecule has 1 aromatic carbocycles. The molecule has 0 unspecified atom stereocenters. The van der Waals surface area contributed by atoms with Gasteiger partial charge in [-0.15, -0.1) is 0 Å². The summed E-state index contributed by atoms with van der Waals surface area (Å²) in [6, 6.07) is 9.44. The highest BCUT2D eigenvalue weighted by Crippen LogP contribution is 2.26. The van der Waals surface area contributed by atoms with Crippen molar-refractivity contribution in [2.24, 2.45) is 0 Å². The van der Waals surface area contributed by atoms with Crippen LogP contribution < -0.4 is 10.9 Å². The monoisotopic (exact) mass is 360 g/mol. The van der Waals surface area contributed by atoms with Gasteiger partial charge < -0.3 is 10.3 Å². The Labute approximate surface area is 155 Å². The van der Waals surface area contributed by atoms with Crippen molar-refractivity contribution in [3.63, 3.8) is 0 Å². The van der Waals surface area contributed by atoms with Gasteiger partial charge in [-0.2, -0.15) is 0 Å². The van der Waals surface area contributed by atoms with E-state index >= 15 is 0 Å². The molecule has 0 saturated carbocycles. The Morgan fingerprint density at radius 1 is 1.22 bits per heavy atom. The lowest BCUT2D eigenvalue weighted by molar-refractivity contribution is 0.0949. The summed E-state index contributed by atoms with van der Waals surface area (Å²) in [5.74, 6) is -0.430. The average Bonchev–Trinajstić information content (AvgIpc) is 2.94. The van der Waals surface area contributed by atoms with Crippen LogP contribution in [0.15, 0.2) is 47.5 Å². The van der Waals surface area contributed by atoms with E-state index in [-0.39, 0.29) is 11.1 Å². The van der Waals surface area contributed by atoms with Crippen LogP contribution >= 0.6 is 0 Å². The number of aromatic amines is 1. The lowest BCUT2D eigenvalue weighted by Gasteiger charge is -2.09. The zero-order valence-corrected chi connectivity index (χ0v) is 15.5. The predicted molar refractivity (Wildman–Crippen MR) is 105 cm³/mol. The maximum Gasteiger partial charge on any atom is 0.270 e. The molecule has 2 N–H and O–H groups in total. The molecule has 136 valence electrons. The number of carbonyl (C=O) groups is 1. The maximum atomic E-state index is 12.6. The molecule has 0 aliphatic carbocycles. The average molecular weight is 360 g/mol. The van der Waals surface area contributed by atoms with Gasteiger partial charge in [0.25, 0.3) is 11.5 Å². The van der Waals surface area contributed by atoms with E-state index in [9.17, 15) is 9.59 Å². The van der Waals surface area contributed by atoms with E-state index in [4.69, 9.17) is 0 Å². The number of aromatic nitrogens is 3. The van der Waals surface area contributed by atoms with Gasteiger partial charge >= 0.3 is 0 Å². The number of carbonyl (C=O) groups excluding carboxylic acids is 1. The molecule has 4 rings (SSSR count). The Kier molecular flexibility index (Phi) is 4.03. The van der Waals surface area contributed by atoms with Gasteiger partial charge in [-0.1, -0.05) is 17.7 Å². The first-order chi connectivity index (χ1) is 13.0. The normalized spacial score (nSPS) is 11.2. The summed E-state index contributed by atoms with van der Waals surface area (Å²) < 4.78 is 1.37. The van der Waals surface area contributed by atoms with E-state index in [1.165, 1.54) is 16.2 Å². The Bertz CT molecular complexity index is 1250. The maximum absolute atomic E-state index is 12.6. The molecular weight excluding hydrogens is 340 g/mol. The SMILES string of the molecule is Cc1cc(CNC(=O)c2cnc3ccccn3c2=O)c2[nH]c(C)c(C)c2c1. The predicted octanol–water partition coefficient (Wildman–Crippen LogP) is 3.03.